The number of rotatable bonds is 4. The average molecular weight is 174 g/mol. The molecule has 6 heteroatoms. The topological polar surface area (TPSA) is 92.5 Å². The third-order valence-electron chi connectivity index (χ3n) is 1.15. The van der Waals surface area contributed by atoms with E-state index in [1.807, 2.05) is 0 Å². The van der Waals surface area contributed by atoms with Gasteiger partial charge >= 0.3 is 6.09 Å². The summed E-state index contributed by atoms with van der Waals surface area (Å²) in [6.45, 7) is 1.56. The van der Waals surface area contributed by atoms with E-state index in [1.54, 1.807) is 0 Å². The minimum atomic E-state index is -1.12. The molecule has 0 aromatic rings. The fourth-order valence-corrected chi connectivity index (χ4v) is 0.535. The maximum Gasteiger partial charge on any atom is 0.404 e. The Kier molecular flexibility index (Phi) is 4.43. The molecule has 0 aliphatic carbocycles. The van der Waals surface area contributed by atoms with Gasteiger partial charge in [0, 0.05) is 13.5 Å². The van der Waals surface area contributed by atoms with Crippen molar-refractivity contribution in [2.45, 2.75) is 13.3 Å². The molecule has 0 fully saturated rings. The van der Waals surface area contributed by atoms with Crippen LogP contribution in [-0.4, -0.2) is 22.7 Å². The van der Waals surface area contributed by atoms with Crippen molar-refractivity contribution >= 4 is 6.09 Å². The van der Waals surface area contributed by atoms with E-state index in [0.717, 1.165) is 0 Å². The molecule has 0 aliphatic heterocycles. The molecule has 6 nitrogen and oxygen atoms in total. The summed E-state index contributed by atoms with van der Waals surface area (Å²) in [6, 6.07) is 0. The van der Waals surface area contributed by atoms with Gasteiger partial charge in [-0.1, -0.05) is 0 Å². The Bertz CT molecular complexity index is 212. The highest BCUT2D eigenvalue weighted by Gasteiger charge is 1.99. The molecule has 0 saturated heterocycles. The van der Waals surface area contributed by atoms with Gasteiger partial charge in [0.15, 0.2) is 0 Å². The molecule has 0 aromatic carbocycles. The summed E-state index contributed by atoms with van der Waals surface area (Å²) in [7, 11) is 0. The number of allylic oxidation sites excluding steroid dienone is 1. The monoisotopic (exact) mass is 174 g/mol. The van der Waals surface area contributed by atoms with Crippen molar-refractivity contribution in [3.05, 3.63) is 21.9 Å². The van der Waals surface area contributed by atoms with Crippen molar-refractivity contribution in [2.75, 3.05) is 6.54 Å². The van der Waals surface area contributed by atoms with Crippen LogP contribution in [0.3, 0.4) is 0 Å². The second-order valence-electron chi connectivity index (χ2n) is 2.12. The van der Waals surface area contributed by atoms with E-state index in [4.69, 9.17) is 5.11 Å². The van der Waals surface area contributed by atoms with Crippen LogP contribution in [0.1, 0.15) is 13.3 Å². The van der Waals surface area contributed by atoms with Gasteiger partial charge in [0.2, 0.25) is 5.70 Å². The number of carbonyl (C=O) groups is 1. The highest BCUT2D eigenvalue weighted by molar-refractivity contribution is 5.64. The standard InChI is InChI=1S/C6H10N2O4/c1-5(8(11)12)3-2-4-7-6(9)10/h3,7H,2,4H2,1H3,(H,9,10)/b5-3-. The minimum Gasteiger partial charge on any atom is -0.465 e. The quantitative estimate of drug-likeness (QED) is 0.375. The molecular formula is C6H10N2O4. The lowest BCUT2D eigenvalue weighted by atomic mass is 10.3. The zero-order chi connectivity index (χ0) is 9.56. The molecule has 0 aromatic heterocycles. The first kappa shape index (κ1) is 10.4. The predicted octanol–water partition coefficient (Wildman–Crippen LogP) is 0.825. The predicted molar refractivity (Wildman–Crippen MR) is 41.4 cm³/mol. The summed E-state index contributed by atoms with van der Waals surface area (Å²) in [5, 5.41) is 20.2. The zero-order valence-electron chi connectivity index (χ0n) is 6.61. The normalized spacial score (nSPS) is 10.9. The molecule has 68 valence electrons. The summed E-state index contributed by atoms with van der Waals surface area (Å²) in [4.78, 5) is 19.4. The highest BCUT2D eigenvalue weighted by atomic mass is 16.6. The molecule has 0 atom stereocenters. The van der Waals surface area contributed by atoms with E-state index in [1.165, 1.54) is 13.0 Å². The van der Waals surface area contributed by atoms with Crippen LogP contribution < -0.4 is 5.32 Å². The van der Waals surface area contributed by atoms with Gasteiger partial charge in [-0.25, -0.2) is 4.79 Å². The molecule has 0 spiro atoms. The Morgan fingerprint density at radius 3 is 2.75 bits per heavy atom. The number of nitro groups is 1. The SMILES string of the molecule is C/C(=C/CCNC(=O)O)[N+](=O)[O-]. The number of hydrogen-bond acceptors (Lipinski definition) is 3. The first-order valence-electron chi connectivity index (χ1n) is 3.32. The number of nitrogens with one attached hydrogen (secondary N) is 1. The number of amides is 1. The Hall–Kier alpha value is -1.59. The Balaban J connectivity index is 3.60. The van der Waals surface area contributed by atoms with Gasteiger partial charge in [-0.05, 0) is 12.5 Å². The van der Waals surface area contributed by atoms with Gasteiger partial charge in [0.1, 0.15) is 0 Å². The Labute approximate surface area is 69.0 Å². The molecule has 0 rings (SSSR count). The molecule has 2 N–H and O–H groups in total. The van der Waals surface area contributed by atoms with Crippen molar-refractivity contribution in [3.63, 3.8) is 0 Å². The lowest BCUT2D eigenvalue weighted by Crippen LogP contribution is -2.21. The summed E-state index contributed by atoms with van der Waals surface area (Å²) in [6.07, 6.45) is 0.580. The van der Waals surface area contributed by atoms with Crippen LogP contribution in [0.25, 0.3) is 0 Å². The molecule has 0 unspecified atom stereocenters. The molecule has 0 radical (unpaired) electrons. The van der Waals surface area contributed by atoms with Gasteiger partial charge < -0.3 is 10.4 Å². The van der Waals surface area contributed by atoms with Gasteiger partial charge in [-0.15, -0.1) is 0 Å². The van der Waals surface area contributed by atoms with Crippen LogP contribution in [0.15, 0.2) is 11.8 Å². The number of carboxylic acid groups (broad SMARTS) is 1. The average Bonchev–Trinajstić information content (AvgIpc) is 1.97. The molecule has 0 bridgehead atoms. The van der Waals surface area contributed by atoms with Gasteiger partial charge in [-0.3, -0.25) is 10.1 Å². The van der Waals surface area contributed by atoms with Crippen LogP contribution >= 0.6 is 0 Å². The summed E-state index contributed by atoms with van der Waals surface area (Å²) in [5.41, 5.74) is 0.0298. The molecule has 12 heavy (non-hydrogen) atoms. The second-order valence-corrected chi connectivity index (χ2v) is 2.12. The fourth-order valence-electron chi connectivity index (χ4n) is 0.535. The third-order valence-corrected chi connectivity index (χ3v) is 1.15. The van der Waals surface area contributed by atoms with Crippen LogP contribution in [-0.2, 0) is 0 Å². The van der Waals surface area contributed by atoms with E-state index in [9.17, 15) is 14.9 Å². The van der Waals surface area contributed by atoms with Crippen molar-refractivity contribution in [1.82, 2.24) is 5.32 Å². The Morgan fingerprint density at radius 1 is 1.75 bits per heavy atom. The van der Waals surface area contributed by atoms with Crippen molar-refractivity contribution in [3.8, 4) is 0 Å². The Morgan fingerprint density at radius 2 is 2.33 bits per heavy atom. The first-order chi connectivity index (χ1) is 5.54. The molecular weight excluding hydrogens is 164 g/mol. The second kappa shape index (κ2) is 5.11. The maximum atomic E-state index is 10.0. The fraction of sp³-hybridized carbons (Fsp3) is 0.500. The van der Waals surface area contributed by atoms with Gasteiger partial charge in [-0.2, -0.15) is 0 Å². The number of nitrogens with zero attached hydrogens (tertiary/aromatic N) is 1. The lowest BCUT2D eigenvalue weighted by Gasteiger charge is -1.94. The molecule has 0 aliphatic rings. The summed E-state index contributed by atoms with van der Waals surface area (Å²) < 4.78 is 0. The first-order valence-corrected chi connectivity index (χ1v) is 3.32. The molecule has 0 saturated carbocycles. The van der Waals surface area contributed by atoms with Crippen molar-refractivity contribution < 1.29 is 14.8 Å². The van der Waals surface area contributed by atoms with Gasteiger partial charge in [0.25, 0.3) is 0 Å². The van der Waals surface area contributed by atoms with Crippen LogP contribution in [0.4, 0.5) is 4.79 Å². The minimum absolute atomic E-state index is 0.0298. The maximum absolute atomic E-state index is 10.0. The van der Waals surface area contributed by atoms with E-state index in [-0.39, 0.29) is 12.2 Å². The third kappa shape index (κ3) is 5.21. The van der Waals surface area contributed by atoms with E-state index in [2.05, 4.69) is 5.32 Å². The largest absolute Gasteiger partial charge is 0.465 e. The van der Waals surface area contributed by atoms with Crippen molar-refractivity contribution in [2.24, 2.45) is 0 Å². The van der Waals surface area contributed by atoms with Crippen LogP contribution in [0.5, 0.6) is 0 Å². The zero-order valence-corrected chi connectivity index (χ0v) is 6.61. The van der Waals surface area contributed by atoms with E-state index >= 15 is 0 Å². The molecule has 1 amide bonds. The lowest BCUT2D eigenvalue weighted by molar-refractivity contribution is -0.424. The van der Waals surface area contributed by atoms with Gasteiger partial charge in [0.05, 0.1) is 4.92 Å². The van der Waals surface area contributed by atoms with E-state index in [0.29, 0.717) is 6.42 Å². The highest BCUT2D eigenvalue weighted by Crippen LogP contribution is 1.94. The van der Waals surface area contributed by atoms with Crippen LogP contribution in [0.2, 0.25) is 0 Å². The van der Waals surface area contributed by atoms with E-state index < -0.39 is 11.0 Å². The molecule has 0 heterocycles. The summed E-state index contributed by atoms with van der Waals surface area (Å²) >= 11 is 0. The number of hydrogen-bond donors (Lipinski definition) is 2. The van der Waals surface area contributed by atoms with Crippen molar-refractivity contribution in [1.29, 1.82) is 0 Å². The summed E-state index contributed by atoms with van der Waals surface area (Å²) in [5.74, 6) is 0. The smallest absolute Gasteiger partial charge is 0.404 e. The van der Waals surface area contributed by atoms with Crippen LogP contribution in [0, 0.1) is 10.1 Å².